The van der Waals surface area contributed by atoms with Crippen LogP contribution in [0.2, 0.25) is 0 Å². The Hall–Kier alpha value is -2.31. The van der Waals surface area contributed by atoms with E-state index in [0.717, 1.165) is 27.8 Å². The number of pyridine rings is 1. The van der Waals surface area contributed by atoms with Crippen LogP contribution in [-0.2, 0) is 11.3 Å². The van der Waals surface area contributed by atoms with E-state index in [2.05, 4.69) is 9.97 Å². The van der Waals surface area contributed by atoms with E-state index in [4.69, 9.17) is 4.74 Å². The molecule has 0 atom stereocenters. The standard InChI is InChI=1S/C15H12N2O3S/c1-20-8-12-13(15(18)19)21-14(17-12)10-4-5-11-9(7-10)3-2-6-16-11/h2-7H,8H2,1H3,(H,18,19). The normalized spacial score (nSPS) is 10.9. The van der Waals surface area contributed by atoms with Crippen molar-refractivity contribution in [1.29, 1.82) is 0 Å². The molecular formula is C15H12N2O3S. The van der Waals surface area contributed by atoms with Crippen LogP contribution in [-0.4, -0.2) is 28.2 Å². The Balaban J connectivity index is 2.09. The summed E-state index contributed by atoms with van der Waals surface area (Å²) in [7, 11) is 1.52. The first-order valence-electron chi connectivity index (χ1n) is 6.26. The van der Waals surface area contributed by atoms with Crippen LogP contribution >= 0.6 is 11.3 Å². The molecule has 0 aliphatic rings. The van der Waals surface area contributed by atoms with Crippen LogP contribution in [0.1, 0.15) is 15.4 Å². The highest BCUT2D eigenvalue weighted by molar-refractivity contribution is 7.17. The second-order valence-electron chi connectivity index (χ2n) is 4.44. The van der Waals surface area contributed by atoms with Gasteiger partial charge < -0.3 is 9.84 Å². The molecule has 1 aromatic carbocycles. The SMILES string of the molecule is COCc1nc(-c2ccc3ncccc3c2)sc1C(=O)O. The van der Waals surface area contributed by atoms with Crippen molar-refractivity contribution < 1.29 is 14.6 Å². The third-order valence-electron chi connectivity index (χ3n) is 3.02. The first-order chi connectivity index (χ1) is 10.2. The van der Waals surface area contributed by atoms with Crippen LogP contribution in [0.15, 0.2) is 36.5 Å². The predicted molar refractivity (Wildman–Crippen MR) is 80.5 cm³/mol. The van der Waals surface area contributed by atoms with Crippen LogP contribution in [0.25, 0.3) is 21.5 Å². The number of fused-ring (bicyclic) bond motifs is 1. The number of carbonyl (C=O) groups is 1. The molecule has 0 aliphatic carbocycles. The number of nitrogens with zero attached hydrogens (tertiary/aromatic N) is 2. The largest absolute Gasteiger partial charge is 0.477 e. The minimum Gasteiger partial charge on any atom is -0.477 e. The van der Waals surface area contributed by atoms with Crippen LogP contribution < -0.4 is 0 Å². The molecule has 6 heteroatoms. The molecule has 0 aliphatic heterocycles. The van der Waals surface area contributed by atoms with Crippen molar-refractivity contribution in [2.45, 2.75) is 6.61 Å². The number of methoxy groups -OCH3 is 1. The molecule has 0 fully saturated rings. The summed E-state index contributed by atoms with van der Waals surface area (Å²) in [5.41, 5.74) is 2.23. The second-order valence-corrected chi connectivity index (χ2v) is 5.44. The second kappa shape index (κ2) is 5.59. The molecule has 0 amide bonds. The molecule has 0 radical (unpaired) electrons. The van der Waals surface area contributed by atoms with Gasteiger partial charge in [0.2, 0.25) is 0 Å². The number of hydrogen-bond donors (Lipinski definition) is 1. The molecule has 106 valence electrons. The van der Waals surface area contributed by atoms with E-state index in [1.807, 2.05) is 30.3 Å². The smallest absolute Gasteiger partial charge is 0.347 e. The molecule has 0 saturated heterocycles. The van der Waals surface area contributed by atoms with E-state index in [0.29, 0.717) is 10.7 Å². The number of carboxylic acid groups (broad SMARTS) is 1. The highest BCUT2D eigenvalue weighted by Crippen LogP contribution is 2.30. The minimum absolute atomic E-state index is 0.188. The molecule has 3 aromatic rings. The molecule has 21 heavy (non-hydrogen) atoms. The minimum atomic E-state index is -0.978. The van der Waals surface area contributed by atoms with E-state index in [-0.39, 0.29) is 11.5 Å². The maximum atomic E-state index is 11.3. The number of hydrogen-bond acceptors (Lipinski definition) is 5. The maximum Gasteiger partial charge on any atom is 0.347 e. The van der Waals surface area contributed by atoms with Gasteiger partial charge in [0.05, 0.1) is 17.8 Å². The van der Waals surface area contributed by atoms with E-state index in [1.54, 1.807) is 6.20 Å². The summed E-state index contributed by atoms with van der Waals surface area (Å²) >= 11 is 1.16. The number of benzene rings is 1. The van der Waals surface area contributed by atoms with Gasteiger partial charge >= 0.3 is 5.97 Å². The summed E-state index contributed by atoms with van der Waals surface area (Å²) in [5.74, 6) is -0.978. The van der Waals surface area contributed by atoms with Crippen molar-refractivity contribution >= 4 is 28.2 Å². The van der Waals surface area contributed by atoms with Gasteiger partial charge in [0.25, 0.3) is 0 Å². The topological polar surface area (TPSA) is 72.3 Å². The maximum absolute atomic E-state index is 11.3. The van der Waals surface area contributed by atoms with Crippen LogP contribution in [0.5, 0.6) is 0 Å². The Morgan fingerprint density at radius 1 is 1.38 bits per heavy atom. The fourth-order valence-corrected chi connectivity index (χ4v) is 2.99. The Morgan fingerprint density at radius 2 is 2.24 bits per heavy atom. The number of thiazole rings is 1. The number of ether oxygens (including phenoxy) is 1. The van der Waals surface area contributed by atoms with Gasteiger partial charge in [-0.25, -0.2) is 9.78 Å². The summed E-state index contributed by atoms with van der Waals surface area (Å²) in [6.45, 7) is 0.188. The fraction of sp³-hybridized carbons (Fsp3) is 0.133. The summed E-state index contributed by atoms with van der Waals surface area (Å²) in [6, 6.07) is 9.60. The van der Waals surface area contributed by atoms with E-state index in [9.17, 15) is 9.90 Å². The van der Waals surface area contributed by atoms with Crippen LogP contribution in [0, 0.1) is 0 Å². The molecule has 2 aromatic heterocycles. The number of rotatable bonds is 4. The first-order valence-corrected chi connectivity index (χ1v) is 7.08. The van der Waals surface area contributed by atoms with Crippen molar-refractivity contribution in [2.75, 3.05) is 7.11 Å². The zero-order valence-corrected chi connectivity index (χ0v) is 12.1. The fourth-order valence-electron chi connectivity index (χ4n) is 2.09. The van der Waals surface area contributed by atoms with Gasteiger partial charge in [-0.2, -0.15) is 0 Å². The van der Waals surface area contributed by atoms with Crippen LogP contribution in [0.3, 0.4) is 0 Å². The quantitative estimate of drug-likeness (QED) is 0.801. The molecule has 0 unspecified atom stereocenters. The molecule has 0 saturated carbocycles. The zero-order valence-electron chi connectivity index (χ0n) is 11.2. The lowest BCUT2D eigenvalue weighted by Crippen LogP contribution is -1.99. The van der Waals surface area contributed by atoms with Crippen molar-refractivity contribution in [3.05, 3.63) is 47.1 Å². The number of carboxylic acids is 1. The van der Waals surface area contributed by atoms with Gasteiger partial charge in [0.1, 0.15) is 9.88 Å². The molecular weight excluding hydrogens is 288 g/mol. The van der Waals surface area contributed by atoms with Gasteiger partial charge in [-0.15, -0.1) is 11.3 Å². The van der Waals surface area contributed by atoms with E-state index >= 15 is 0 Å². The van der Waals surface area contributed by atoms with Gasteiger partial charge in [-0.1, -0.05) is 6.07 Å². The lowest BCUT2D eigenvalue weighted by Gasteiger charge is -1.99. The number of aromatic carboxylic acids is 1. The Bertz CT molecular complexity index is 814. The Morgan fingerprint density at radius 3 is 3.00 bits per heavy atom. The van der Waals surface area contributed by atoms with Crippen molar-refractivity contribution in [3.8, 4) is 10.6 Å². The first kappa shape index (κ1) is 13.7. The summed E-state index contributed by atoms with van der Waals surface area (Å²) in [5, 5.41) is 10.9. The molecule has 0 spiro atoms. The lowest BCUT2D eigenvalue weighted by atomic mass is 10.1. The summed E-state index contributed by atoms with van der Waals surface area (Å²) in [6.07, 6.45) is 1.74. The lowest BCUT2D eigenvalue weighted by molar-refractivity contribution is 0.0697. The molecule has 2 heterocycles. The highest BCUT2D eigenvalue weighted by atomic mass is 32.1. The Kier molecular flexibility index (Phi) is 3.64. The average molecular weight is 300 g/mol. The van der Waals surface area contributed by atoms with Crippen LogP contribution in [0.4, 0.5) is 0 Å². The van der Waals surface area contributed by atoms with E-state index < -0.39 is 5.97 Å². The predicted octanol–water partition coefficient (Wildman–Crippen LogP) is 3.20. The van der Waals surface area contributed by atoms with Gasteiger partial charge in [-0.3, -0.25) is 4.98 Å². The van der Waals surface area contributed by atoms with Gasteiger partial charge in [0, 0.05) is 24.3 Å². The third-order valence-corrected chi connectivity index (χ3v) is 4.16. The van der Waals surface area contributed by atoms with Crippen molar-refractivity contribution in [2.24, 2.45) is 0 Å². The zero-order chi connectivity index (χ0) is 14.8. The monoisotopic (exact) mass is 300 g/mol. The van der Waals surface area contributed by atoms with E-state index in [1.165, 1.54) is 7.11 Å². The summed E-state index contributed by atoms with van der Waals surface area (Å²) in [4.78, 5) is 20.1. The van der Waals surface area contributed by atoms with Gasteiger partial charge in [-0.05, 0) is 24.3 Å². The summed E-state index contributed by atoms with van der Waals surface area (Å²) < 4.78 is 5.01. The van der Waals surface area contributed by atoms with Gasteiger partial charge in [0.15, 0.2) is 0 Å². The molecule has 5 nitrogen and oxygen atoms in total. The third kappa shape index (κ3) is 2.63. The average Bonchev–Trinajstić information content (AvgIpc) is 2.91. The Labute approximate surface area is 124 Å². The van der Waals surface area contributed by atoms with Crippen molar-refractivity contribution in [1.82, 2.24) is 9.97 Å². The van der Waals surface area contributed by atoms with Crippen molar-refractivity contribution in [3.63, 3.8) is 0 Å². The molecule has 0 bridgehead atoms. The molecule has 1 N–H and O–H groups in total. The number of aromatic nitrogens is 2. The highest BCUT2D eigenvalue weighted by Gasteiger charge is 2.18. The molecule has 3 rings (SSSR count).